The van der Waals surface area contributed by atoms with E-state index < -0.39 is 5.97 Å². The minimum atomic E-state index is -1.02. The fraction of sp³-hybridized carbons (Fsp3) is 0.679. The molecule has 0 aliphatic rings. The highest BCUT2D eigenvalue weighted by molar-refractivity contribution is 5.80. The molecule has 0 bridgehead atoms. The number of hydrogen-bond acceptors (Lipinski definition) is 4. The van der Waals surface area contributed by atoms with Crippen LogP contribution in [0.4, 0.5) is 0 Å². The fourth-order valence-electron chi connectivity index (χ4n) is 6.80. The maximum absolute atomic E-state index is 12.8. The van der Waals surface area contributed by atoms with Gasteiger partial charge in [-0.1, -0.05) is 202 Å². The SMILES string of the molecule is CC/C=C\C/C=C\C/C=C\C/C=C\C/C=C\C/C=C\C/C=C\CCCC(=O)OC(CCCCCCCCCCCCCCCC)CCCCCCCC(=O)NCC(=O)O. The fourth-order valence-corrected chi connectivity index (χ4v) is 6.80. The first-order valence-electron chi connectivity index (χ1n) is 24.2. The van der Waals surface area contributed by atoms with Crippen molar-refractivity contribution in [2.75, 3.05) is 6.54 Å². The van der Waals surface area contributed by atoms with Gasteiger partial charge >= 0.3 is 11.9 Å². The number of rotatable bonds is 43. The molecule has 1 unspecified atom stereocenters. The molecule has 0 radical (unpaired) electrons. The molecule has 336 valence electrons. The molecule has 6 heteroatoms. The van der Waals surface area contributed by atoms with E-state index in [1.54, 1.807) is 0 Å². The van der Waals surface area contributed by atoms with Gasteiger partial charge in [-0.3, -0.25) is 14.4 Å². The number of aliphatic carboxylic acids is 1. The Balaban J connectivity index is 4.26. The summed E-state index contributed by atoms with van der Waals surface area (Å²) >= 11 is 0. The van der Waals surface area contributed by atoms with Gasteiger partial charge in [0.05, 0.1) is 0 Å². The molecule has 6 nitrogen and oxygen atoms in total. The molecule has 0 spiro atoms. The highest BCUT2D eigenvalue weighted by Gasteiger charge is 2.14. The van der Waals surface area contributed by atoms with Gasteiger partial charge in [0.2, 0.25) is 5.91 Å². The van der Waals surface area contributed by atoms with Crippen LogP contribution in [0.5, 0.6) is 0 Å². The first kappa shape index (κ1) is 55.6. The maximum atomic E-state index is 12.8. The molecule has 0 aromatic rings. The van der Waals surface area contributed by atoms with Crippen molar-refractivity contribution in [3.8, 4) is 0 Å². The van der Waals surface area contributed by atoms with Gasteiger partial charge in [-0.05, 0) is 89.9 Å². The van der Waals surface area contributed by atoms with Crippen LogP contribution in [-0.2, 0) is 19.1 Å². The zero-order chi connectivity index (χ0) is 43.0. The Labute approximate surface area is 363 Å². The normalized spacial score (nSPS) is 12.8. The molecular weight excluding hydrogens is 731 g/mol. The quantitative estimate of drug-likeness (QED) is 0.0363. The van der Waals surface area contributed by atoms with E-state index in [-0.39, 0.29) is 24.5 Å². The van der Waals surface area contributed by atoms with Gasteiger partial charge in [0.1, 0.15) is 12.6 Å². The summed E-state index contributed by atoms with van der Waals surface area (Å²) in [6.45, 7) is 4.11. The minimum absolute atomic E-state index is 0.00901. The third-order valence-corrected chi connectivity index (χ3v) is 10.3. The Kier molecular flexibility index (Phi) is 44.5. The molecule has 0 aliphatic heterocycles. The van der Waals surface area contributed by atoms with Crippen molar-refractivity contribution in [3.63, 3.8) is 0 Å². The van der Waals surface area contributed by atoms with E-state index in [0.717, 1.165) is 109 Å². The molecule has 0 rings (SSSR count). The summed E-state index contributed by atoms with van der Waals surface area (Å²) in [6, 6.07) is 0. The number of nitrogens with one attached hydrogen (secondary N) is 1. The number of carbonyl (C=O) groups excluding carboxylic acids is 2. The maximum Gasteiger partial charge on any atom is 0.322 e. The summed E-state index contributed by atoms with van der Waals surface area (Å²) in [5, 5.41) is 11.1. The van der Waals surface area contributed by atoms with Crippen molar-refractivity contribution in [2.24, 2.45) is 0 Å². The number of unbranched alkanes of at least 4 members (excludes halogenated alkanes) is 18. The second kappa shape index (κ2) is 47.3. The van der Waals surface area contributed by atoms with E-state index in [4.69, 9.17) is 9.84 Å². The summed E-state index contributed by atoms with van der Waals surface area (Å²) in [7, 11) is 0. The number of carboxylic acid groups (broad SMARTS) is 1. The molecule has 2 N–H and O–H groups in total. The largest absolute Gasteiger partial charge is 0.480 e. The number of allylic oxidation sites excluding steroid dienone is 14. The molecule has 0 aromatic carbocycles. The second-order valence-electron chi connectivity index (χ2n) is 16.0. The average molecular weight is 820 g/mol. The van der Waals surface area contributed by atoms with Gasteiger partial charge in [0.15, 0.2) is 0 Å². The Morgan fingerprint density at radius 3 is 1.24 bits per heavy atom. The molecule has 0 aliphatic carbocycles. The van der Waals surface area contributed by atoms with Gasteiger partial charge < -0.3 is 15.2 Å². The van der Waals surface area contributed by atoms with Crippen LogP contribution in [0, 0.1) is 0 Å². The first-order valence-corrected chi connectivity index (χ1v) is 24.2. The predicted octanol–water partition coefficient (Wildman–Crippen LogP) is 15.5. The van der Waals surface area contributed by atoms with Crippen LogP contribution in [0.1, 0.15) is 219 Å². The molecule has 0 fully saturated rings. The van der Waals surface area contributed by atoms with Crippen LogP contribution in [0.15, 0.2) is 85.1 Å². The van der Waals surface area contributed by atoms with Crippen molar-refractivity contribution >= 4 is 17.8 Å². The van der Waals surface area contributed by atoms with Crippen molar-refractivity contribution in [1.29, 1.82) is 0 Å². The minimum Gasteiger partial charge on any atom is -0.480 e. The lowest BCUT2D eigenvalue weighted by molar-refractivity contribution is -0.150. The molecule has 0 saturated carbocycles. The van der Waals surface area contributed by atoms with Crippen molar-refractivity contribution in [3.05, 3.63) is 85.1 Å². The van der Waals surface area contributed by atoms with E-state index >= 15 is 0 Å². The van der Waals surface area contributed by atoms with Crippen LogP contribution in [0.3, 0.4) is 0 Å². The lowest BCUT2D eigenvalue weighted by Gasteiger charge is -2.18. The van der Waals surface area contributed by atoms with E-state index in [9.17, 15) is 14.4 Å². The highest BCUT2D eigenvalue weighted by Crippen LogP contribution is 2.19. The second-order valence-corrected chi connectivity index (χ2v) is 16.0. The molecule has 1 atom stereocenters. The third kappa shape index (κ3) is 47.1. The molecule has 0 aromatic heterocycles. The number of amides is 1. The van der Waals surface area contributed by atoms with Crippen LogP contribution in [0.2, 0.25) is 0 Å². The van der Waals surface area contributed by atoms with Crippen LogP contribution >= 0.6 is 0 Å². The Bertz CT molecular complexity index is 1180. The first-order chi connectivity index (χ1) is 29.0. The number of esters is 1. The third-order valence-electron chi connectivity index (χ3n) is 10.3. The molecule has 59 heavy (non-hydrogen) atoms. The number of carbonyl (C=O) groups is 3. The predicted molar refractivity (Wildman–Crippen MR) is 254 cm³/mol. The van der Waals surface area contributed by atoms with E-state index in [2.05, 4.69) is 104 Å². The topological polar surface area (TPSA) is 92.7 Å². The molecular formula is C53H89NO5. The van der Waals surface area contributed by atoms with Gasteiger partial charge in [-0.15, -0.1) is 0 Å². The summed E-state index contributed by atoms with van der Waals surface area (Å²) in [5.74, 6) is -1.29. The Hall–Kier alpha value is -3.41. The molecule has 0 heterocycles. The standard InChI is InChI=1S/C53H89NO5/c1-3-5-7-9-11-13-15-17-19-20-21-22-23-24-25-26-27-29-31-33-35-40-44-48-53(58)59-50(46-42-38-36-39-43-47-51(55)54-49-52(56)57)45-41-37-34-32-30-28-18-16-14-12-10-8-6-4-2/h5,7,11,13,17,19,21-22,24-25,27,29,33,35,50H,3-4,6,8-10,12,14-16,18,20,23,26,28,30-32,34,36-49H2,1-2H3,(H,54,55)(H,56,57)/b7-5-,13-11-,19-17-,22-21-,25-24-,29-27-,35-33-. The lowest BCUT2D eigenvalue weighted by Crippen LogP contribution is -2.28. The average Bonchev–Trinajstić information content (AvgIpc) is 3.22. The van der Waals surface area contributed by atoms with Gasteiger partial charge in [-0.25, -0.2) is 0 Å². The zero-order valence-corrected chi connectivity index (χ0v) is 38.1. The smallest absolute Gasteiger partial charge is 0.322 e. The Morgan fingerprint density at radius 2 is 0.831 bits per heavy atom. The number of hydrogen-bond donors (Lipinski definition) is 2. The van der Waals surface area contributed by atoms with Crippen LogP contribution in [0.25, 0.3) is 0 Å². The van der Waals surface area contributed by atoms with Crippen molar-refractivity contribution in [1.82, 2.24) is 5.32 Å². The molecule has 1 amide bonds. The Morgan fingerprint density at radius 1 is 0.458 bits per heavy atom. The zero-order valence-electron chi connectivity index (χ0n) is 38.1. The van der Waals surface area contributed by atoms with Crippen LogP contribution in [-0.4, -0.2) is 35.6 Å². The van der Waals surface area contributed by atoms with Crippen LogP contribution < -0.4 is 5.32 Å². The summed E-state index contributed by atoms with van der Waals surface area (Å²) in [4.78, 5) is 35.1. The molecule has 0 saturated heterocycles. The summed E-state index contributed by atoms with van der Waals surface area (Å²) in [5.41, 5.74) is 0. The summed E-state index contributed by atoms with van der Waals surface area (Å²) < 4.78 is 6.03. The highest BCUT2D eigenvalue weighted by atomic mass is 16.5. The van der Waals surface area contributed by atoms with Gasteiger partial charge in [0.25, 0.3) is 0 Å². The van der Waals surface area contributed by atoms with Gasteiger partial charge in [0, 0.05) is 12.8 Å². The number of carboxylic acids is 1. The van der Waals surface area contributed by atoms with Gasteiger partial charge in [-0.2, -0.15) is 0 Å². The number of ether oxygens (including phenoxy) is 1. The monoisotopic (exact) mass is 820 g/mol. The van der Waals surface area contributed by atoms with E-state index in [0.29, 0.717) is 12.8 Å². The van der Waals surface area contributed by atoms with E-state index in [1.807, 2.05) is 0 Å². The summed E-state index contributed by atoms with van der Waals surface area (Å²) in [6.07, 6.45) is 65.7. The van der Waals surface area contributed by atoms with Crippen molar-refractivity contribution in [2.45, 2.75) is 225 Å². The van der Waals surface area contributed by atoms with Crippen molar-refractivity contribution < 1.29 is 24.2 Å². The van der Waals surface area contributed by atoms with E-state index in [1.165, 1.54) is 83.5 Å². The lowest BCUT2D eigenvalue weighted by atomic mass is 10.0.